The molecule has 1 rings (SSSR count). The zero-order valence-corrected chi connectivity index (χ0v) is 16.8. The summed E-state index contributed by atoms with van der Waals surface area (Å²) in [7, 11) is -4.47. The molecule has 0 aliphatic heterocycles. The van der Waals surface area contributed by atoms with E-state index in [0.29, 0.717) is 5.75 Å². The molecule has 0 aliphatic rings. The molecule has 26 heavy (non-hydrogen) atoms. The normalized spacial score (nSPS) is 10.5. The van der Waals surface area contributed by atoms with Crippen LogP contribution in [0.5, 0.6) is 5.75 Å². The molecule has 2 N–H and O–H groups in total. The number of aryl methyl sites for hydroxylation is 1. The van der Waals surface area contributed by atoms with E-state index in [-0.39, 0.29) is 29.6 Å². The van der Waals surface area contributed by atoms with E-state index in [0.717, 1.165) is 38.0 Å². The van der Waals surface area contributed by atoms with Gasteiger partial charge in [-0.1, -0.05) is 63.6 Å². The van der Waals surface area contributed by atoms with Crippen LogP contribution in [-0.2, 0) is 15.7 Å². The fraction of sp³-hybridized carbons (Fsp3) is 0.684. The van der Waals surface area contributed by atoms with Crippen molar-refractivity contribution in [3.63, 3.8) is 0 Å². The average molecular weight is 398 g/mol. The van der Waals surface area contributed by atoms with E-state index in [1.165, 1.54) is 32.1 Å². The first-order chi connectivity index (χ1) is 11.9. The Morgan fingerprint density at radius 3 is 1.92 bits per heavy atom. The number of phosphoric acid groups is 1. The van der Waals surface area contributed by atoms with Gasteiger partial charge in [0.25, 0.3) is 0 Å². The van der Waals surface area contributed by atoms with Gasteiger partial charge in [0, 0.05) is 13.2 Å². The van der Waals surface area contributed by atoms with Crippen LogP contribution in [0.4, 0.5) is 0 Å². The van der Waals surface area contributed by atoms with Gasteiger partial charge in [-0.3, -0.25) is 9.79 Å². The molecule has 0 aromatic heterocycles. The van der Waals surface area contributed by atoms with Gasteiger partial charge < -0.3 is 9.26 Å². The molecule has 0 saturated carbocycles. The van der Waals surface area contributed by atoms with Crippen LogP contribution < -0.4 is 4.52 Å². The second kappa shape index (κ2) is 18.5. The van der Waals surface area contributed by atoms with Gasteiger partial charge in [-0.25, -0.2) is 4.57 Å². The molecule has 0 radical (unpaired) electrons. The summed E-state index contributed by atoms with van der Waals surface area (Å²) in [6, 6.07) is 7.06. The van der Waals surface area contributed by atoms with Gasteiger partial charge in [0.05, 0.1) is 0 Å². The minimum absolute atomic E-state index is 0. The molecular formula is C19H36NaO5P. The Labute approximate surface area is 181 Å². The predicted molar refractivity (Wildman–Crippen MR) is 110 cm³/mol. The van der Waals surface area contributed by atoms with Crippen LogP contribution in [-0.4, -0.2) is 52.6 Å². The van der Waals surface area contributed by atoms with Crippen molar-refractivity contribution in [2.75, 3.05) is 13.2 Å². The first-order valence-corrected chi connectivity index (χ1v) is 10.9. The van der Waals surface area contributed by atoms with E-state index >= 15 is 0 Å². The molecule has 148 valence electrons. The third kappa shape index (κ3) is 17.5. The summed E-state index contributed by atoms with van der Waals surface area (Å²) in [6.45, 7) is 7.87. The van der Waals surface area contributed by atoms with E-state index in [1.54, 1.807) is 12.1 Å². The van der Waals surface area contributed by atoms with Crippen LogP contribution in [0.3, 0.4) is 0 Å². The fourth-order valence-corrected chi connectivity index (χ4v) is 2.84. The number of para-hydroxylation sites is 1. The summed E-state index contributed by atoms with van der Waals surface area (Å²) < 4.78 is 20.4. The zero-order chi connectivity index (χ0) is 19.0. The molecule has 0 bridgehead atoms. The van der Waals surface area contributed by atoms with Crippen LogP contribution >= 0.6 is 7.82 Å². The van der Waals surface area contributed by atoms with Crippen molar-refractivity contribution in [1.82, 2.24) is 0 Å². The van der Waals surface area contributed by atoms with Crippen molar-refractivity contribution >= 4 is 37.4 Å². The van der Waals surface area contributed by atoms with Crippen molar-refractivity contribution in [3.05, 3.63) is 29.8 Å². The molecule has 7 heteroatoms. The Morgan fingerprint density at radius 1 is 0.885 bits per heavy atom. The first-order valence-electron chi connectivity index (χ1n) is 9.35. The van der Waals surface area contributed by atoms with E-state index in [9.17, 15) is 4.57 Å². The second-order valence-corrected chi connectivity index (χ2v) is 7.01. The summed E-state index contributed by atoms with van der Waals surface area (Å²) in [5.74, 6) is 0.298. The number of unbranched alkanes of at least 4 members (excludes halogenated alkanes) is 6. The van der Waals surface area contributed by atoms with Gasteiger partial charge in [-0.05, 0) is 38.3 Å². The van der Waals surface area contributed by atoms with Crippen LogP contribution in [0.2, 0.25) is 0 Å². The second-order valence-electron chi connectivity index (χ2n) is 5.84. The quantitative estimate of drug-likeness (QED) is 0.299. The van der Waals surface area contributed by atoms with Crippen molar-refractivity contribution in [3.8, 4) is 5.75 Å². The summed E-state index contributed by atoms with van der Waals surface area (Å²) in [6.07, 6.45) is 9.32. The van der Waals surface area contributed by atoms with E-state index < -0.39 is 7.82 Å². The topological polar surface area (TPSA) is 76.0 Å². The van der Waals surface area contributed by atoms with Gasteiger partial charge in [0.15, 0.2) is 0 Å². The third-order valence-corrected chi connectivity index (χ3v) is 4.08. The molecule has 0 saturated heterocycles. The predicted octanol–water partition coefficient (Wildman–Crippen LogP) is 4.85. The molecule has 0 aliphatic carbocycles. The van der Waals surface area contributed by atoms with Gasteiger partial charge >= 0.3 is 37.4 Å². The van der Waals surface area contributed by atoms with Crippen LogP contribution in [0.25, 0.3) is 0 Å². The number of rotatable bonds is 12. The van der Waals surface area contributed by atoms with Crippen molar-refractivity contribution in [2.45, 2.75) is 72.1 Å². The summed E-state index contributed by atoms with van der Waals surface area (Å²) in [5, 5.41) is 0. The Bertz CT molecular complexity index is 477. The Balaban J connectivity index is 0. The number of hydrogen-bond donors (Lipinski definition) is 2. The van der Waals surface area contributed by atoms with Gasteiger partial charge in [-0.2, -0.15) is 0 Å². The Kier molecular flexibility index (Phi) is 20.2. The molecular weight excluding hydrogens is 362 g/mol. The fourth-order valence-electron chi connectivity index (χ4n) is 2.40. The average Bonchev–Trinajstić information content (AvgIpc) is 2.55. The number of hydrogen-bond acceptors (Lipinski definition) is 3. The Morgan fingerprint density at radius 2 is 1.42 bits per heavy atom. The zero-order valence-electron chi connectivity index (χ0n) is 15.9. The molecule has 0 heterocycles. The number of benzene rings is 1. The van der Waals surface area contributed by atoms with Gasteiger partial charge in [0.2, 0.25) is 0 Å². The third-order valence-electron chi connectivity index (χ3n) is 3.65. The number of phosphoric ester groups is 1. The van der Waals surface area contributed by atoms with Crippen LogP contribution in [0.15, 0.2) is 24.3 Å². The summed E-state index contributed by atoms with van der Waals surface area (Å²) in [4.78, 5) is 17.8. The molecule has 0 fully saturated rings. The van der Waals surface area contributed by atoms with Crippen molar-refractivity contribution in [2.24, 2.45) is 0 Å². The van der Waals surface area contributed by atoms with E-state index in [1.807, 2.05) is 26.0 Å². The molecule has 1 aromatic carbocycles. The first kappa shape index (κ1) is 28.3. The molecule has 0 spiro atoms. The standard InChI is InChI=1S/C15H25O4P.C4H10O.Na.H/c1-2-3-4-5-6-7-8-11-14-12-9-10-13-15(14)19-20(16,17)18;1-3-5-4-2;;/h9-10,12-13H,2-8,11H2,1H3,(H2,16,17,18);3-4H2,1-2H3;;. The van der Waals surface area contributed by atoms with Crippen LogP contribution in [0.1, 0.15) is 71.3 Å². The van der Waals surface area contributed by atoms with Crippen molar-refractivity contribution < 1.29 is 23.6 Å². The van der Waals surface area contributed by atoms with Crippen molar-refractivity contribution in [1.29, 1.82) is 0 Å². The van der Waals surface area contributed by atoms with E-state index in [4.69, 9.17) is 19.0 Å². The molecule has 1 aromatic rings. The summed E-state index contributed by atoms with van der Waals surface area (Å²) >= 11 is 0. The molecule has 0 amide bonds. The number of ether oxygens (including phenoxy) is 1. The van der Waals surface area contributed by atoms with Gasteiger partial charge in [0.1, 0.15) is 5.75 Å². The SMILES string of the molecule is CCCCCCCCCc1ccccc1OP(=O)(O)O.CCOCC.[NaH]. The Hall–Kier alpha value is 0.130. The van der Waals surface area contributed by atoms with E-state index in [2.05, 4.69) is 6.92 Å². The molecule has 0 atom stereocenters. The monoisotopic (exact) mass is 398 g/mol. The maximum absolute atomic E-state index is 10.9. The summed E-state index contributed by atoms with van der Waals surface area (Å²) in [5.41, 5.74) is 0.865. The molecule has 5 nitrogen and oxygen atoms in total. The minimum atomic E-state index is -4.47. The van der Waals surface area contributed by atoms with Crippen LogP contribution in [0, 0.1) is 0 Å². The molecule has 0 unspecified atom stereocenters. The van der Waals surface area contributed by atoms with Gasteiger partial charge in [-0.15, -0.1) is 0 Å². The maximum atomic E-state index is 10.9.